The second-order valence-corrected chi connectivity index (χ2v) is 8.55. The van der Waals surface area contributed by atoms with Gasteiger partial charge in [0.1, 0.15) is 5.54 Å². The Hall–Kier alpha value is -1.98. The largest absolute Gasteiger partial charge is 0.322 e. The minimum atomic E-state index is -0.948. The molecule has 0 spiro atoms. The second kappa shape index (κ2) is 7.33. The van der Waals surface area contributed by atoms with E-state index in [2.05, 4.69) is 5.32 Å². The number of para-hydroxylation sites is 2. The van der Waals surface area contributed by atoms with Gasteiger partial charge in [-0.1, -0.05) is 35.9 Å². The second-order valence-electron chi connectivity index (χ2n) is 6.79. The van der Waals surface area contributed by atoms with Crippen molar-refractivity contribution >= 4 is 46.6 Å². The number of benzene rings is 2. The lowest BCUT2D eigenvalue weighted by molar-refractivity contribution is -0.126. The molecule has 1 heterocycles. The normalized spacial score (nSPS) is 16.6. The molecule has 2 aromatic carbocycles. The number of rotatable bonds is 4. The Morgan fingerprint density at radius 1 is 1.23 bits per heavy atom. The van der Waals surface area contributed by atoms with Crippen LogP contribution in [0.4, 0.5) is 11.4 Å². The highest BCUT2D eigenvalue weighted by molar-refractivity contribution is 7.99. The summed E-state index contributed by atoms with van der Waals surface area (Å²) in [6.45, 7) is 5.41. The highest BCUT2D eigenvalue weighted by Gasteiger charge is 2.44. The number of anilines is 2. The van der Waals surface area contributed by atoms with Crippen LogP contribution in [0.2, 0.25) is 5.02 Å². The van der Waals surface area contributed by atoms with Gasteiger partial charge in [-0.05, 0) is 50.6 Å². The first-order chi connectivity index (χ1) is 12.3. The molecule has 1 aliphatic rings. The van der Waals surface area contributed by atoms with E-state index in [0.717, 1.165) is 11.3 Å². The predicted octanol–water partition coefficient (Wildman–Crippen LogP) is 4.73. The summed E-state index contributed by atoms with van der Waals surface area (Å²) in [5.74, 6) is 0.413. The van der Waals surface area contributed by atoms with Gasteiger partial charge in [-0.25, -0.2) is 0 Å². The fraction of sp³-hybridized carbons (Fsp3) is 0.300. The van der Waals surface area contributed by atoms with Gasteiger partial charge in [-0.3, -0.25) is 14.5 Å². The van der Waals surface area contributed by atoms with Crippen LogP contribution in [-0.2, 0) is 15.3 Å². The highest BCUT2D eigenvalue weighted by Crippen LogP contribution is 2.38. The number of thioether (sulfide) groups is 1. The molecule has 2 amide bonds. The fourth-order valence-electron chi connectivity index (χ4n) is 2.95. The summed E-state index contributed by atoms with van der Waals surface area (Å²) >= 11 is 7.56. The van der Waals surface area contributed by atoms with Crippen LogP contribution >= 0.6 is 23.4 Å². The minimum Gasteiger partial charge on any atom is -0.322 e. The number of halogens is 1. The summed E-state index contributed by atoms with van der Waals surface area (Å²) in [5, 5.41) is 3.27. The van der Waals surface area contributed by atoms with E-state index in [4.69, 9.17) is 11.6 Å². The van der Waals surface area contributed by atoms with Crippen LogP contribution < -0.4 is 10.2 Å². The fourth-order valence-corrected chi connectivity index (χ4v) is 4.03. The van der Waals surface area contributed by atoms with Crippen molar-refractivity contribution in [2.75, 3.05) is 10.2 Å². The van der Waals surface area contributed by atoms with Crippen LogP contribution in [0.5, 0.6) is 0 Å². The Morgan fingerprint density at radius 3 is 2.69 bits per heavy atom. The number of carbonyl (C=O) groups excluding carboxylic acids is 2. The summed E-state index contributed by atoms with van der Waals surface area (Å²) < 4.78 is 0. The van der Waals surface area contributed by atoms with E-state index in [1.165, 1.54) is 11.8 Å². The molecule has 1 atom stereocenters. The molecule has 1 aliphatic heterocycles. The van der Waals surface area contributed by atoms with Gasteiger partial charge in [-0.2, -0.15) is 0 Å². The maximum Gasteiger partial charge on any atom is 0.250 e. The van der Waals surface area contributed by atoms with Gasteiger partial charge in [0.15, 0.2) is 0 Å². The zero-order valence-electron chi connectivity index (χ0n) is 15.0. The number of fused-ring (bicyclic) bond motifs is 1. The van der Waals surface area contributed by atoms with Gasteiger partial charge in [0.25, 0.3) is 0 Å². The molecule has 136 valence electrons. The number of nitrogens with one attached hydrogen (secondary N) is 1. The van der Waals surface area contributed by atoms with E-state index in [-0.39, 0.29) is 17.1 Å². The van der Waals surface area contributed by atoms with Crippen LogP contribution in [0.3, 0.4) is 0 Å². The van der Waals surface area contributed by atoms with Gasteiger partial charge in [0, 0.05) is 10.8 Å². The zero-order chi connectivity index (χ0) is 18.9. The third-order valence-electron chi connectivity index (χ3n) is 4.47. The van der Waals surface area contributed by atoms with Gasteiger partial charge < -0.3 is 5.32 Å². The summed E-state index contributed by atoms with van der Waals surface area (Å²) in [7, 11) is 0. The molecule has 4 nitrogen and oxygen atoms in total. The van der Waals surface area contributed by atoms with Gasteiger partial charge in [0.2, 0.25) is 11.8 Å². The Morgan fingerprint density at radius 2 is 1.96 bits per heavy atom. The quantitative estimate of drug-likeness (QED) is 0.823. The summed E-state index contributed by atoms with van der Waals surface area (Å²) in [6, 6.07) is 15.0. The molecule has 6 heteroatoms. The average molecular weight is 389 g/mol. The van der Waals surface area contributed by atoms with E-state index >= 15 is 0 Å². The standard InChI is InChI=1S/C20H21ClN2O2S/c1-13(26-12-14-7-6-8-15(21)11-14)18(24)23-17-10-5-4-9-16(17)22-19(25)20(23,2)3/h4-11,13H,12H2,1-3H3,(H,22,25). The van der Waals surface area contributed by atoms with Crippen LogP contribution in [-0.4, -0.2) is 22.6 Å². The number of hydrogen-bond donors (Lipinski definition) is 1. The van der Waals surface area contributed by atoms with Crippen molar-refractivity contribution in [2.24, 2.45) is 0 Å². The van der Waals surface area contributed by atoms with Crippen molar-refractivity contribution in [2.45, 2.75) is 37.3 Å². The Bertz CT molecular complexity index is 853. The summed E-state index contributed by atoms with van der Waals surface area (Å²) in [5.41, 5.74) is 1.52. The molecule has 3 rings (SSSR count). The SMILES string of the molecule is CC(SCc1cccc(Cl)c1)C(=O)N1c2ccccc2NC(=O)C1(C)C. The monoisotopic (exact) mass is 388 g/mol. The predicted molar refractivity (Wildman–Crippen MR) is 109 cm³/mol. The molecule has 0 saturated heterocycles. The van der Waals surface area contributed by atoms with Crippen LogP contribution in [0.1, 0.15) is 26.3 Å². The number of carbonyl (C=O) groups is 2. The van der Waals surface area contributed by atoms with Gasteiger partial charge in [-0.15, -0.1) is 11.8 Å². The molecule has 0 bridgehead atoms. The van der Waals surface area contributed by atoms with Crippen molar-refractivity contribution in [3.63, 3.8) is 0 Å². The van der Waals surface area contributed by atoms with E-state index in [1.807, 2.05) is 55.5 Å². The lowest BCUT2D eigenvalue weighted by atomic mass is 9.96. The molecule has 0 radical (unpaired) electrons. The van der Waals surface area contributed by atoms with Crippen LogP contribution in [0, 0.1) is 0 Å². The topological polar surface area (TPSA) is 49.4 Å². The minimum absolute atomic E-state index is 0.0793. The molecular formula is C20H21ClN2O2S. The Balaban J connectivity index is 1.82. The molecular weight excluding hydrogens is 368 g/mol. The molecule has 0 fully saturated rings. The van der Waals surface area contributed by atoms with E-state index in [0.29, 0.717) is 16.5 Å². The molecule has 26 heavy (non-hydrogen) atoms. The first-order valence-electron chi connectivity index (χ1n) is 8.41. The third kappa shape index (κ3) is 3.60. The average Bonchev–Trinajstić information content (AvgIpc) is 2.60. The number of amides is 2. The molecule has 2 aromatic rings. The Labute approximate surface area is 162 Å². The number of hydrogen-bond acceptors (Lipinski definition) is 3. The van der Waals surface area contributed by atoms with Crippen molar-refractivity contribution in [3.8, 4) is 0 Å². The van der Waals surface area contributed by atoms with Crippen molar-refractivity contribution in [3.05, 3.63) is 59.1 Å². The van der Waals surface area contributed by atoms with Crippen molar-refractivity contribution in [1.29, 1.82) is 0 Å². The zero-order valence-corrected chi connectivity index (χ0v) is 16.5. The van der Waals surface area contributed by atoms with Gasteiger partial charge in [0.05, 0.1) is 16.6 Å². The van der Waals surface area contributed by atoms with E-state index in [9.17, 15) is 9.59 Å². The molecule has 0 saturated carbocycles. The summed E-state index contributed by atoms with van der Waals surface area (Å²) in [4.78, 5) is 27.3. The van der Waals surface area contributed by atoms with Crippen LogP contribution in [0.15, 0.2) is 48.5 Å². The molecule has 1 unspecified atom stereocenters. The Kier molecular flexibility index (Phi) is 5.30. The summed E-state index contributed by atoms with van der Waals surface area (Å²) in [6.07, 6.45) is 0. The van der Waals surface area contributed by atoms with Crippen molar-refractivity contribution in [1.82, 2.24) is 0 Å². The third-order valence-corrected chi connectivity index (χ3v) is 5.90. The number of nitrogens with zero attached hydrogens (tertiary/aromatic N) is 1. The lowest BCUT2D eigenvalue weighted by Crippen LogP contribution is -2.60. The van der Waals surface area contributed by atoms with Crippen molar-refractivity contribution < 1.29 is 9.59 Å². The first-order valence-corrected chi connectivity index (χ1v) is 9.84. The molecule has 1 N–H and O–H groups in total. The molecule has 0 aromatic heterocycles. The van der Waals surface area contributed by atoms with E-state index in [1.54, 1.807) is 18.7 Å². The highest BCUT2D eigenvalue weighted by atomic mass is 35.5. The van der Waals surface area contributed by atoms with E-state index < -0.39 is 5.54 Å². The van der Waals surface area contributed by atoms with Gasteiger partial charge >= 0.3 is 0 Å². The smallest absolute Gasteiger partial charge is 0.250 e. The maximum atomic E-state index is 13.2. The molecule has 0 aliphatic carbocycles. The van der Waals surface area contributed by atoms with Crippen LogP contribution in [0.25, 0.3) is 0 Å². The first kappa shape index (κ1) is 18.8. The maximum absolute atomic E-state index is 13.2. The lowest BCUT2D eigenvalue weighted by Gasteiger charge is -2.43.